The first-order chi connectivity index (χ1) is 6.69. The van der Waals surface area contributed by atoms with Gasteiger partial charge in [0.1, 0.15) is 0 Å². The molecule has 1 fully saturated rings. The molecule has 4 heteroatoms. The Morgan fingerprint density at radius 2 is 2.21 bits per heavy atom. The molecule has 0 saturated carbocycles. The van der Waals surface area contributed by atoms with Crippen LogP contribution in [-0.2, 0) is 4.74 Å². The Morgan fingerprint density at radius 1 is 1.50 bits per heavy atom. The van der Waals surface area contributed by atoms with Gasteiger partial charge in [-0.1, -0.05) is 6.92 Å². The van der Waals surface area contributed by atoms with Crippen molar-refractivity contribution in [3.63, 3.8) is 0 Å². The van der Waals surface area contributed by atoms with E-state index >= 15 is 0 Å². The Morgan fingerprint density at radius 3 is 2.79 bits per heavy atom. The van der Waals surface area contributed by atoms with E-state index in [0.29, 0.717) is 0 Å². The van der Waals surface area contributed by atoms with E-state index in [0.717, 1.165) is 32.6 Å². The van der Waals surface area contributed by atoms with E-state index < -0.39 is 0 Å². The largest absolute Gasteiger partial charge is 0.453 e. The Balaban J connectivity index is 2.57. The van der Waals surface area contributed by atoms with Crippen molar-refractivity contribution < 1.29 is 9.53 Å². The van der Waals surface area contributed by atoms with Gasteiger partial charge in [0.05, 0.1) is 7.11 Å². The van der Waals surface area contributed by atoms with Crippen LogP contribution >= 0.6 is 0 Å². The van der Waals surface area contributed by atoms with Crippen LogP contribution in [0, 0.1) is 0 Å². The SMILES string of the molecule is CCN1CCCN(C(=O)OC)C(C)C1. The Labute approximate surface area is 85.8 Å². The highest BCUT2D eigenvalue weighted by Gasteiger charge is 2.24. The van der Waals surface area contributed by atoms with Gasteiger partial charge < -0.3 is 14.5 Å². The monoisotopic (exact) mass is 200 g/mol. The van der Waals surface area contributed by atoms with Crippen molar-refractivity contribution in [3.05, 3.63) is 0 Å². The van der Waals surface area contributed by atoms with E-state index in [2.05, 4.69) is 18.7 Å². The quantitative estimate of drug-likeness (QED) is 0.637. The number of methoxy groups -OCH3 is 1. The molecule has 0 bridgehead atoms. The van der Waals surface area contributed by atoms with Crippen molar-refractivity contribution in [2.45, 2.75) is 26.3 Å². The fourth-order valence-corrected chi connectivity index (χ4v) is 1.92. The van der Waals surface area contributed by atoms with E-state index in [4.69, 9.17) is 4.74 Å². The Hall–Kier alpha value is -0.770. The molecule has 4 nitrogen and oxygen atoms in total. The Kier molecular flexibility index (Phi) is 4.20. The summed E-state index contributed by atoms with van der Waals surface area (Å²) in [5.74, 6) is 0. The molecule has 1 atom stereocenters. The molecule has 1 unspecified atom stereocenters. The molecule has 1 aliphatic heterocycles. The van der Waals surface area contributed by atoms with Gasteiger partial charge in [0, 0.05) is 19.1 Å². The zero-order chi connectivity index (χ0) is 10.6. The van der Waals surface area contributed by atoms with Crippen molar-refractivity contribution in [1.29, 1.82) is 0 Å². The molecule has 1 heterocycles. The summed E-state index contributed by atoms with van der Waals surface area (Å²) in [6.45, 7) is 8.12. The van der Waals surface area contributed by atoms with E-state index in [1.54, 1.807) is 0 Å². The second-order valence-corrected chi connectivity index (χ2v) is 3.76. The zero-order valence-electron chi connectivity index (χ0n) is 9.32. The maximum atomic E-state index is 11.4. The highest BCUT2D eigenvalue weighted by molar-refractivity contribution is 5.67. The Bertz CT molecular complexity index is 197. The van der Waals surface area contributed by atoms with Crippen LogP contribution in [0.1, 0.15) is 20.3 Å². The van der Waals surface area contributed by atoms with Gasteiger partial charge in [-0.3, -0.25) is 0 Å². The molecule has 1 amide bonds. The summed E-state index contributed by atoms with van der Waals surface area (Å²) in [7, 11) is 1.44. The van der Waals surface area contributed by atoms with Gasteiger partial charge in [-0.15, -0.1) is 0 Å². The summed E-state index contributed by atoms with van der Waals surface area (Å²) in [4.78, 5) is 15.6. The normalized spacial score (nSPS) is 24.5. The molecule has 0 aliphatic carbocycles. The first-order valence-electron chi connectivity index (χ1n) is 5.26. The molecule has 0 aromatic heterocycles. The second-order valence-electron chi connectivity index (χ2n) is 3.76. The molecule has 0 radical (unpaired) electrons. The van der Waals surface area contributed by atoms with Crippen LogP contribution in [0.3, 0.4) is 0 Å². The van der Waals surface area contributed by atoms with Crippen LogP contribution in [-0.4, -0.2) is 55.2 Å². The van der Waals surface area contributed by atoms with Crippen LogP contribution in [0.2, 0.25) is 0 Å². The van der Waals surface area contributed by atoms with Gasteiger partial charge in [0.15, 0.2) is 0 Å². The number of hydrogen-bond acceptors (Lipinski definition) is 3. The number of hydrogen-bond donors (Lipinski definition) is 0. The third kappa shape index (κ3) is 2.61. The van der Waals surface area contributed by atoms with Crippen LogP contribution in [0.5, 0.6) is 0 Å². The lowest BCUT2D eigenvalue weighted by Gasteiger charge is -2.27. The van der Waals surface area contributed by atoms with Crippen molar-refractivity contribution in [2.75, 3.05) is 33.3 Å². The topological polar surface area (TPSA) is 32.8 Å². The lowest BCUT2D eigenvalue weighted by atomic mass is 10.3. The average Bonchev–Trinajstić information content (AvgIpc) is 2.38. The van der Waals surface area contributed by atoms with Crippen molar-refractivity contribution >= 4 is 6.09 Å². The van der Waals surface area contributed by atoms with Gasteiger partial charge >= 0.3 is 6.09 Å². The number of carbonyl (C=O) groups is 1. The summed E-state index contributed by atoms with van der Waals surface area (Å²) in [6.07, 6.45) is 0.836. The highest BCUT2D eigenvalue weighted by Crippen LogP contribution is 2.10. The highest BCUT2D eigenvalue weighted by atomic mass is 16.5. The van der Waals surface area contributed by atoms with E-state index in [-0.39, 0.29) is 12.1 Å². The van der Waals surface area contributed by atoms with Gasteiger partial charge in [-0.05, 0) is 26.4 Å². The summed E-state index contributed by atoms with van der Waals surface area (Å²) in [5, 5.41) is 0. The number of carbonyl (C=O) groups excluding carboxylic acids is 1. The van der Waals surface area contributed by atoms with Crippen LogP contribution < -0.4 is 0 Å². The molecule has 1 aliphatic rings. The summed E-state index contributed by atoms with van der Waals surface area (Å²) >= 11 is 0. The minimum Gasteiger partial charge on any atom is -0.453 e. The lowest BCUT2D eigenvalue weighted by molar-refractivity contribution is 0.108. The van der Waals surface area contributed by atoms with E-state index in [9.17, 15) is 4.79 Å². The maximum Gasteiger partial charge on any atom is 0.409 e. The van der Waals surface area contributed by atoms with E-state index in [1.807, 2.05) is 4.90 Å². The van der Waals surface area contributed by atoms with Gasteiger partial charge in [-0.25, -0.2) is 4.79 Å². The second kappa shape index (κ2) is 5.20. The maximum absolute atomic E-state index is 11.4. The number of amides is 1. The molecule has 1 saturated heterocycles. The van der Waals surface area contributed by atoms with Crippen molar-refractivity contribution in [2.24, 2.45) is 0 Å². The van der Waals surface area contributed by atoms with E-state index in [1.165, 1.54) is 7.11 Å². The summed E-state index contributed by atoms with van der Waals surface area (Å²) < 4.78 is 4.75. The van der Waals surface area contributed by atoms with Gasteiger partial charge in [0.2, 0.25) is 0 Å². The molecule has 0 aromatic rings. The molecule has 0 spiro atoms. The number of ether oxygens (including phenoxy) is 1. The van der Waals surface area contributed by atoms with Crippen LogP contribution in [0.4, 0.5) is 4.79 Å². The minimum atomic E-state index is -0.199. The zero-order valence-corrected chi connectivity index (χ0v) is 9.32. The molecule has 1 rings (SSSR count). The first-order valence-corrected chi connectivity index (χ1v) is 5.26. The van der Waals surface area contributed by atoms with Crippen molar-refractivity contribution in [3.8, 4) is 0 Å². The molecular formula is C10H20N2O2. The van der Waals surface area contributed by atoms with Crippen LogP contribution in [0.25, 0.3) is 0 Å². The molecule has 0 N–H and O–H groups in total. The van der Waals surface area contributed by atoms with Crippen LogP contribution in [0.15, 0.2) is 0 Å². The standard InChI is InChI=1S/C10H20N2O2/c1-4-11-6-5-7-12(9(2)8-11)10(13)14-3/h9H,4-8H2,1-3H3. The van der Waals surface area contributed by atoms with Gasteiger partial charge in [0.25, 0.3) is 0 Å². The first kappa shape index (κ1) is 11.3. The fraction of sp³-hybridized carbons (Fsp3) is 0.900. The average molecular weight is 200 g/mol. The number of likely N-dealkylation sites (N-methyl/N-ethyl adjacent to an activating group) is 1. The van der Waals surface area contributed by atoms with Gasteiger partial charge in [-0.2, -0.15) is 0 Å². The lowest BCUT2D eigenvalue weighted by Crippen LogP contribution is -2.42. The molecule has 82 valence electrons. The molecule has 14 heavy (non-hydrogen) atoms. The smallest absolute Gasteiger partial charge is 0.409 e. The number of rotatable bonds is 1. The summed E-state index contributed by atoms with van der Waals surface area (Å²) in [5.41, 5.74) is 0. The predicted molar refractivity (Wildman–Crippen MR) is 55.3 cm³/mol. The predicted octanol–water partition coefficient (Wildman–Crippen LogP) is 1.17. The minimum absolute atomic E-state index is 0.199. The third-order valence-corrected chi connectivity index (χ3v) is 2.78. The third-order valence-electron chi connectivity index (χ3n) is 2.78. The number of nitrogens with zero attached hydrogens (tertiary/aromatic N) is 2. The summed E-state index contributed by atoms with van der Waals surface area (Å²) in [6, 6.07) is 0.255. The fourth-order valence-electron chi connectivity index (χ4n) is 1.92. The van der Waals surface area contributed by atoms with Crippen molar-refractivity contribution in [1.82, 2.24) is 9.80 Å². The molecule has 0 aromatic carbocycles. The molecular weight excluding hydrogens is 180 g/mol.